The van der Waals surface area contributed by atoms with Crippen LogP contribution in [0.5, 0.6) is 0 Å². The minimum atomic E-state index is 0.296. The van der Waals surface area contributed by atoms with E-state index in [0.717, 1.165) is 11.9 Å². The molecule has 0 aromatic carbocycles. The highest BCUT2D eigenvalue weighted by molar-refractivity contribution is 6.35. The molecule has 2 aromatic heterocycles. The first-order chi connectivity index (χ1) is 6.24. The summed E-state index contributed by atoms with van der Waals surface area (Å²) in [5.41, 5.74) is 1.95. The van der Waals surface area contributed by atoms with Gasteiger partial charge in [-0.05, 0) is 11.7 Å². The fourth-order valence-electron chi connectivity index (χ4n) is 1.29. The summed E-state index contributed by atoms with van der Waals surface area (Å²) in [5, 5.41) is 4.27. The van der Waals surface area contributed by atoms with Gasteiger partial charge in [0.2, 0.25) is 0 Å². The van der Waals surface area contributed by atoms with Crippen LogP contribution in [0.4, 0.5) is 0 Å². The van der Waals surface area contributed by atoms with E-state index in [1.165, 1.54) is 6.33 Å². The number of hydrogen-bond acceptors (Lipinski definition) is 3. The maximum absolute atomic E-state index is 10.7. The van der Waals surface area contributed by atoms with Crippen molar-refractivity contribution >= 4 is 36.8 Å². The van der Waals surface area contributed by atoms with Gasteiger partial charge >= 0.3 is 0 Å². The van der Waals surface area contributed by atoms with Gasteiger partial charge in [-0.1, -0.05) is 11.6 Å². The molecule has 0 bridgehead atoms. The molecule has 0 atom stereocenters. The Hall–Kier alpha value is -1.36. The first kappa shape index (κ1) is 8.25. The zero-order chi connectivity index (χ0) is 9.42. The van der Waals surface area contributed by atoms with E-state index >= 15 is 0 Å². The molecule has 6 heteroatoms. The standard InChI is InChI=1S/C7H5BClN3O/c8-5-1-4(2-13)6-7(9)10-3-11-12(5)6/h1-3H,8H2. The topological polar surface area (TPSA) is 47.3 Å². The Labute approximate surface area is 79.9 Å². The van der Waals surface area contributed by atoms with Crippen LogP contribution < -0.4 is 5.59 Å². The molecule has 4 nitrogen and oxygen atoms in total. The van der Waals surface area contributed by atoms with Crippen molar-refractivity contribution in [2.24, 2.45) is 0 Å². The number of fused-ring (bicyclic) bond motifs is 1. The summed E-state index contributed by atoms with van der Waals surface area (Å²) in [6, 6.07) is 1.73. The Morgan fingerprint density at radius 1 is 1.62 bits per heavy atom. The predicted octanol–water partition coefficient (Wildman–Crippen LogP) is -0.546. The second-order valence-corrected chi connectivity index (χ2v) is 3.03. The number of aldehydes is 1. The lowest BCUT2D eigenvalue weighted by Crippen LogP contribution is -2.12. The summed E-state index contributed by atoms with van der Waals surface area (Å²) in [7, 11) is 1.85. The molecule has 2 aromatic rings. The predicted molar refractivity (Wildman–Crippen MR) is 51.6 cm³/mol. The lowest BCUT2D eigenvalue weighted by molar-refractivity contribution is 0.112. The van der Waals surface area contributed by atoms with Crippen molar-refractivity contribution in [1.29, 1.82) is 0 Å². The highest BCUT2D eigenvalue weighted by Gasteiger charge is 2.09. The summed E-state index contributed by atoms with van der Waals surface area (Å²) in [5.74, 6) is 0. The minimum absolute atomic E-state index is 0.296. The Kier molecular flexibility index (Phi) is 1.81. The Morgan fingerprint density at radius 3 is 3.08 bits per heavy atom. The van der Waals surface area contributed by atoms with Gasteiger partial charge in [-0.3, -0.25) is 4.79 Å². The lowest BCUT2D eigenvalue weighted by Gasteiger charge is -1.96. The molecule has 0 aliphatic carbocycles. The number of hydrogen-bond donors (Lipinski definition) is 0. The van der Waals surface area contributed by atoms with Gasteiger partial charge in [-0.25, -0.2) is 9.50 Å². The molecule has 0 radical (unpaired) electrons. The van der Waals surface area contributed by atoms with Crippen LogP contribution in [0.3, 0.4) is 0 Å². The van der Waals surface area contributed by atoms with Crippen molar-refractivity contribution in [2.45, 2.75) is 0 Å². The fourth-order valence-corrected chi connectivity index (χ4v) is 1.52. The van der Waals surface area contributed by atoms with E-state index in [1.807, 2.05) is 7.85 Å². The van der Waals surface area contributed by atoms with Crippen molar-refractivity contribution in [3.63, 3.8) is 0 Å². The highest BCUT2D eigenvalue weighted by atomic mass is 35.5. The SMILES string of the molecule is Bc1cc(C=O)c2c(Cl)ncnn12. The first-order valence-electron chi connectivity index (χ1n) is 3.68. The van der Waals surface area contributed by atoms with Crippen LogP contribution in [0.25, 0.3) is 5.52 Å². The normalized spacial score (nSPS) is 10.5. The van der Waals surface area contributed by atoms with Gasteiger partial charge in [0.25, 0.3) is 0 Å². The molecule has 0 aliphatic heterocycles. The summed E-state index contributed by atoms with van der Waals surface area (Å²) in [6.07, 6.45) is 2.11. The van der Waals surface area contributed by atoms with Crippen LogP contribution >= 0.6 is 11.6 Å². The number of halogens is 1. The molecule has 2 heterocycles. The molecule has 0 spiro atoms. The van der Waals surface area contributed by atoms with Gasteiger partial charge in [0.05, 0.1) is 0 Å². The van der Waals surface area contributed by atoms with E-state index < -0.39 is 0 Å². The highest BCUT2D eigenvalue weighted by Crippen LogP contribution is 2.15. The van der Waals surface area contributed by atoms with Crippen molar-refractivity contribution in [2.75, 3.05) is 0 Å². The maximum Gasteiger partial charge on any atom is 0.164 e. The third-order valence-electron chi connectivity index (χ3n) is 1.84. The molecule has 0 unspecified atom stereocenters. The van der Waals surface area contributed by atoms with Gasteiger partial charge in [-0.15, -0.1) is 0 Å². The van der Waals surface area contributed by atoms with Gasteiger partial charge in [0, 0.05) is 5.56 Å². The lowest BCUT2D eigenvalue weighted by atomic mass is 10.1. The van der Waals surface area contributed by atoms with E-state index in [4.69, 9.17) is 11.6 Å². The third-order valence-corrected chi connectivity index (χ3v) is 2.12. The van der Waals surface area contributed by atoms with Crippen LogP contribution in [0.15, 0.2) is 12.4 Å². The van der Waals surface area contributed by atoms with E-state index in [9.17, 15) is 4.79 Å². The van der Waals surface area contributed by atoms with Crippen molar-refractivity contribution in [1.82, 2.24) is 14.6 Å². The van der Waals surface area contributed by atoms with Crippen molar-refractivity contribution in [3.05, 3.63) is 23.1 Å². The van der Waals surface area contributed by atoms with Gasteiger partial charge < -0.3 is 0 Å². The average molecular weight is 193 g/mol. The molecular formula is C7H5BClN3O. The second-order valence-electron chi connectivity index (χ2n) is 2.67. The molecule has 0 aliphatic rings. The molecule has 0 N–H and O–H groups in total. The zero-order valence-corrected chi connectivity index (χ0v) is 7.62. The van der Waals surface area contributed by atoms with Crippen LogP contribution in [0, 0.1) is 0 Å². The Morgan fingerprint density at radius 2 is 2.38 bits per heavy atom. The maximum atomic E-state index is 10.7. The molecule has 0 saturated carbocycles. The van der Waals surface area contributed by atoms with Crippen molar-refractivity contribution < 1.29 is 4.79 Å². The largest absolute Gasteiger partial charge is 0.298 e. The van der Waals surface area contributed by atoms with Crippen LogP contribution in [0.2, 0.25) is 5.15 Å². The second kappa shape index (κ2) is 2.85. The molecule has 13 heavy (non-hydrogen) atoms. The summed E-state index contributed by atoms with van der Waals surface area (Å²) >= 11 is 5.82. The molecule has 64 valence electrons. The quantitative estimate of drug-likeness (QED) is 0.451. The molecule has 2 rings (SSSR count). The van der Waals surface area contributed by atoms with Crippen LogP contribution in [-0.2, 0) is 0 Å². The Balaban J connectivity index is 2.96. The van der Waals surface area contributed by atoms with Gasteiger partial charge in [0.1, 0.15) is 11.8 Å². The summed E-state index contributed by atoms with van der Waals surface area (Å²) < 4.78 is 1.60. The monoisotopic (exact) mass is 193 g/mol. The third kappa shape index (κ3) is 1.12. The summed E-state index contributed by atoms with van der Waals surface area (Å²) in [6.45, 7) is 0. The number of rotatable bonds is 1. The van der Waals surface area contributed by atoms with E-state index in [1.54, 1.807) is 10.6 Å². The van der Waals surface area contributed by atoms with Crippen LogP contribution in [0.1, 0.15) is 10.4 Å². The molecule has 0 saturated heterocycles. The van der Waals surface area contributed by atoms with E-state index in [-0.39, 0.29) is 0 Å². The first-order valence-corrected chi connectivity index (χ1v) is 4.06. The number of carbonyl (C=O) groups excluding carboxylic acids is 1. The van der Waals surface area contributed by atoms with Crippen molar-refractivity contribution in [3.8, 4) is 0 Å². The average Bonchev–Trinajstić information content (AvgIpc) is 2.45. The summed E-state index contributed by atoms with van der Waals surface area (Å²) in [4.78, 5) is 14.5. The molecular weight excluding hydrogens is 188 g/mol. The fraction of sp³-hybridized carbons (Fsp3) is 0. The zero-order valence-electron chi connectivity index (χ0n) is 6.86. The van der Waals surface area contributed by atoms with Gasteiger partial charge in [-0.2, -0.15) is 5.10 Å². The van der Waals surface area contributed by atoms with E-state index in [2.05, 4.69) is 10.1 Å². The Bertz CT molecular complexity index is 482. The molecule has 0 fully saturated rings. The number of carbonyl (C=O) groups is 1. The number of nitrogens with zero attached hydrogens (tertiary/aromatic N) is 3. The minimum Gasteiger partial charge on any atom is -0.298 e. The van der Waals surface area contributed by atoms with Gasteiger partial charge in [0.15, 0.2) is 19.3 Å². The molecule has 0 amide bonds. The van der Waals surface area contributed by atoms with E-state index in [0.29, 0.717) is 16.2 Å². The smallest absolute Gasteiger partial charge is 0.164 e. The number of aromatic nitrogens is 3. The van der Waals surface area contributed by atoms with Crippen LogP contribution in [-0.4, -0.2) is 28.7 Å².